The second kappa shape index (κ2) is 8.34. The van der Waals surface area contributed by atoms with E-state index in [-0.39, 0.29) is 25.2 Å². The number of cyclic esters (lactones) is 1. The Kier molecular flexibility index (Phi) is 6.54. The molecule has 0 aromatic heterocycles. The average molecular weight is 394 g/mol. The number of piperazine rings is 1. The SMILES string of the molecule is COC(=O)C1CN(C(=O)OC(C)(C)C)CC(/C(C)=C(\C)C2=C(C)C(=O)OC2)N1. The highest BCUT2D eigenvalue weighted by Crippen LogP contribution is 2.27. The van der Waals surface area contributed by atoms with Crippen LogP contribution in [0.15, 0.2) is 22.3 Å². The van der Waals surface area contributed by atoms with E-state index in [2.05, 4.69) is 5.32 Å². The van der Waals surface area contributed by atoms with Crippen molar-refractivity contribution in [3.05, 3.63) is 22.3 Å². The molecule has 0 aromatic carbocycles. The molecule has 1 N–H and O–H groups in total. The maximum absolute atomic E-state index is 12.6. The summed E-state index contributed by atoms with van der Waals surface area (Å²) >= 11 is 0. The van der Waals surface area contributed by atoms with Crippen LogP contribution in [-0.2, 0) is 23.8 Å². The molecule has 0 saturated carbocycles. The van der Waals surface area contributed by atoms with Gasteiger partial charge in [-0.05, 0) is 47.1 Å². The van der Waals surface area contributed by atoms with Crippen LogP contribution in [0, 0.1) is 0 Å². The van der Waals surface area contributed by atoms with Crippen LogP contribution in [0.2, 0.25) is 0 Å². The first-order chi connectivity index (χ1) is 12.9. The number of carbonyl (C=O) groups is 3. The van der Waals surface area contributed by atoms with E-state index < -0.39 is 23.7 Å². The van der Waals surface area contributed by atoms with Crippen LogP contribution < -0.4 is 5.32 Å². The summed E-state index contributed by atoms with van der Waals surface area (Å²) in [5.74, 6) is -0.764. The lowest BCUT2D eigenvalue weighted by molar-refractivity contribution is -0.144. The summed E-state index contributed by atoms with van der Waals surface area (Å²) < 4.78 is 15.4. The molecule has 156 valence electrons. The molecule has 2 aliphatic heterocycles. The van der Waals surface area contributed by atoms with Gasteiger partial charge in [-0.1, -0.05) is 5.57 Å². The Hall–Kier alpha value is -2.35. The molecule has 2 unspecified atom stereocenters. The van der Waals surface area contributed by atoms with Gasteiger partial charge < -0.3 is 19.1 Å². The minimum Gasteiger partial charge on any atom is -0.468 e. The van der Waals surface area contributed by atoms with Crippen molar-refractivity contribution in [2.45, 2.75) is 59.2 Å². The van der Waals surface area contributed by atoms with Gasteiger partial charge in [0.15, 0.2) is 0 Å². The largest absolute Gasteiger partial charge is 0.468 e. The third-order valence-electron chi connectivity index (χ3n) is 5.02. The zero-order valence-corrected chi connectivity index (χ0v) is 17.7. The Labute approximate surface area is 165 Å². The zero-order valence-electron chi connectivity index (χ0n) is 17.7. The Bertz CT molecular complexity index is 731. The predicted octanol–water partition coefficient (Wildman–Crippen LogP) is 1.95. The van der Waals surface area contributed by atoms with E-state index in [1.165, 1.54) is 12.0 Å². The van der Waals surface area contributed by atoms with Crippen LogP contribution in [0.4, 0.5) is 4.79 Å². The predicted molar refractivity (Wildman–Crippen MR) is 103 cm³/mol. The number of hydrogen-bond acceptors (Lipinski definition) is 7. The number of amides is 1. The van der Waals surface area contributed by atoms with Crippen molar-refractivity contribution in [2.24, 2.45) is 0 Å². The van der Waals surface area contributed by atoms with E-state index >= 15 is 0 Å². The number of rotatable bonds is 3. The topological polar surface area (TPSA) is 94.2 Å². The molecule has 2 atom stereocenters. The number of ether oxygens (including phenoxy) is 3. The first kappa shape index (κ1) is 21.9. The molecule has 1 amide bonds. The molecular formula is C20H30N2O6. The third-order valence-corrected chi connectivity index (χ3v) is 5.02. The summed E-state index contributed by atoms with van der Waals surface area (Å²) in [7, 11) is 1.31. The number of carbonyl (C=O) groups excluding carboxylic acids is 3. The molecule has 0 bridgehead atoms. The molecule has 8 nitrogen and oxygen atoms in total. The first-order valence-corrected chi connectivity index (χ1v) is 9.31. The van der Waals surface area contributed by atoms with Gasteiger partial charge in [0.1, 0.15) is 18.2 Å². The Morgan fingerprint density at radius 2 is 1.79 bits per heavy atom. The molecule has 1 fully saturated rings. The molecule has 0 aromatic rings. The van der Waals surface area contributed by atoms with E-state index in [4.69, 9.17) is 14.2 Å². The lowest BCUT2D eigenvalue weighted by Crippen LogP contribution is -2.61. The average Bonchev–Trinajstić information content (AvgIpc) is 2.96. The molecule has 1 saturated heterocycles. The fraction of sp³-hybridized carbons (Fsp3) is 0.650. The summed E-state index contributed by atoms with van der Waals surface area (Å²) in [6.07, 6.45) is -0.479. The van der Waals surface area contributed by atoms with E-state index in [0.717, 1.165) is 16.7 Å². The van der Waals surface area contributed by atoms with Gasteiger partial charge in [-0.25, -0.2) is 9.59 Å². The van der Waals surface area contributed by atoms with Crippen molar-refractivity contribution >= 4 is 18.0 Å². The van der Waals surface area contributed by atoms with Gasteiger partial charge >= 0.3 is 18.0 Å². The first-order valence-electron chi connectivity index (χ1n) is 9.31. The zero-order chi connectivity index (χ0) is 21.2. The van der Waals surface area contributed by atoms with Crippen molar-refractivity contribution in [2.75, 3.05) is 26.8 Å². The minimum atomic E-state index is -0.671. The van der Waals surface area contributed by atoms with Gasteiger partial charge in [0, 0.05) is 23.7 Å². The van der Waals surface area contributed by atoms with Crippen molar-refractivity contribution in [3.8, 4) is 0 Å². The van der Waals surface area contributed by atoms with E-state index in [1.807, 2.05) is 13.8 Å². The molecule has 0 spiro atoms. The Morgan fingerprint density at radius 1 is 1.18 bits per heavy atom. The van der Waals surface area contributed by atoms with Gasteiger partial charge in [0.05, 0.1) is 13.7 Å². The third kappa shape index (κ3) is 4.92. The van der Waals surface area contributed by atoms with Crippen LogP contribution in [-0.4, -0.2) is 67.4 Å². The van der Waals surface area contributed by atoms with Crippen LogP contribution >= 0.6 is 0 Å². The van der Waals surface area contributed by atoms with Crippen LogP contribution in [0.5, 0.6) is 0 Å². The Balaban J connectivity index is 2.31. The molecule has 0 radical (unpaired) electrons. The molecular weight excluding hydrogens is 364 g/mol. The van der Waals surface area contributed by atoms with Crippen molar-refractivity contribution in [1.29, 1.82) is 0 Å². The highest BCUT2D eigenvalue weighted by molar-refractivity contribution is 5.92. The molecule has 2 aliphatic rings. The van der Waals surface area contributed by atoms with Crippen LogP contribution in [0.25, 0.3) is 0 Å². The van der Waals surface area contributed by atoms with Crippen LogP contribution in [0.3, 0.4) is 0 Å². The molecule has 2 heterocycles. The van der Waals surface area contributed by atoms with E-state index in [0.29, 0.717) is 12.1 Å². The van der Waals surface area contributed by atoms with Gasteiger partial charge in [0.25, 0.3) is 0 Å². The number of hydrogen-bond donors (Lipinski definition) is 1. The molecule has 8 heteroatoms. The number of esters is 2. The van der Waals surface area contributed by atoms with Gasteiger partial charge in [-0.2, -0.15) is 0 Å². The fourth-order valence-corrected chi connectivity index (χ4v) is 3.25. The van der Waals surface area contributed by atoms with Crippen molar-refractivity contribution in [3.63, 3.8) is 0 Å². The summed E-state index contributed by atoms with van der Waals surface area (Å²) in [5, 5.41) is 3.25. The normalized spacial score (nSPS) is 24.0. The summed E-state index contributed by atoms with van der Waals surface area (Å²) in [5.41, 5.74) is 2.63. The van der Waals surface area contributed by atoms with Crippen molar-refractivity contribution < 1.29 is 28.6 Å². The lowest BCUT2D eigenvalue weighted by atomic mass is 9.93. The van der Waals surface area contributed by atoms with E-state index in [9.17, 15) is 14.4 Å². The Morgan fingerprint density at radius 3 is 2.29 bits per heavy atom. The summed E-state index contributed by atoms with van der Waals surface area (Å²) in [6, 6.07) is -0.961. The number of nitrogens with zero attached hydrogens (tertiary/aromatic N) is 1. The molecule has 28 heavy (non-hydrogen) atoms. The quantitative estimate of drug-likeness (QED) is 0.577. The number of nitrogens with one attached hydrogen (secondary N) is 1. The minimum absolute atomic E-state index is 0.160. The second-order valence-electron chi connectivity index (χ2n) is 8.17. The van der Waals surface area contributed by atoms with Gasteiger partial charge in [0.2, 0.25) is 0 Å². The maximum atomic E-state index is 12.6. The molecule has 2 rings (SSSR count). The summed E-state index contributed by atoms with van der Waals surface area (Å²) in [6.45, 7) is 11.7. The lowest BCUT2D eigenvalue weighted by Gasteiger charge is -2.39. The van der Waals surface area contributed by atoms with Gasteiger partial charge in [-0.15, -0.1) is 0 Å². The standard InChI is InChI=1S/C20H30N2O6/c1-11(14-10-27-17(23)13(14)3)12(2)15-8-22(19(25)28-20(4,5)6)9-16(21-15)18(24)26-7/h15-16,21H,8-10H2,1-7H3/b12-11+. The van der Waals surface area contributed by atoms with Gasteiger partial charge in [-0.3, -0.25) is 10.1 Å². The highest BCUT2D eigenvalue weighted by Gasteiger charge is 2.37. The second-order valence-corrected chi connectivity index (χ2v) is 8.17. The number of methoxy groups -OCH3 is 1. The van der Waals surface area contributed by atoms with Crippen molar-refractivity contribution in [1.82, 2.24) is 10.2 Å². The summed E-state index contributed by atoms with van der Waals surface area (Å²) in [4.78, 5) is 38.0. The smallest absolute Gasteiger partial charge is 0.410 e. The maximum Gasteiger partial charge on any atom is 0.410 e. The highest BCUT2D eigenvalue weighted by atomic mass is 16.6. The molecule has 0 aliphatic carbocycles. The van der Waals surface area contributed by atoms with E-state index in [1.54, 1.807) is 27.7 Å². The monoisotopic (exact) mass is 394 g/mol. The van der Waals surface area contributed by atoms with Crippen LogP contribution in [0.1, 0.15) is 41.5 Å². The fourth-order valence-electron chi connectivity index (χ4n) is 3.25.